The lowest BCUT2D eigenvalue weighted by atomic mass is 10.0. The molecule has 1 fully saturated rings. The fraction of sp³-hybridized carbons (Fsp3) is 0.364. The first-order valence-corrected chi connectivity index (χ1v) is 10.8. The van der Waals surface area contributed by atoms with Gasteiger partial charge in [-0.1, -0.05) is 29.8 Å². The second-order valence-electron chi connectivity index (χ2n) is 7.32. The van der Waals surface area contributed by atoms with Crippen LogP contribution in [0.4, 0.5) is 0 Å². The first-order valence-electron chi connectivity index (χ1n) is 9.52. The summed E-state index contributed by atoms with van der Waals surface area (Å²) in [6.45, 7) is 5.89. The van der Waals surface area contributed by atoms with Crippen LogP contribution in [0.15, 0.2) is 35.7 Å². The fourth-order valence-corrected chi connectivity index (χ4v) is 4.52. The standard InChI is InChI=1S/C22H23ClN2O2S/c1-14-7-8-16-11-17(21(23)24-20(16)15(14)2)12-25(13-18-5-3-9-27-18)22(26)19-6-4-10-28-19/h4,6-8,10-11,18H,3,5,9,12-13H2,1-2H3/t18-/m0/s1. The van der Waals surface area contributed by atoms with Crippen LogP contribution in [0.1, 0.15) is 39.2 Å². The van der Waals surface area contributed by atoms with Crippen LogP contribution in [-0.2, 0) is 11.3 Å². The van der Waals surface area contributed by atoms with Crippen molar-refractivity contribution in [1.29, 1.82) is 0 Å². The third kappa shape index (κ3) is 3.93. The number of halogens is 1. The summed E-state index contributed by atoms with van der Waals surface area (Å²) in [7, 11) is 0. The minimum Gasteiger partial charge on any atom is -0.376 e. The van der Waals surface area contributed by atoms with E-state index in [1.165, 1.54) is 16.9 Å². The molecule has 0 saturated carbocycles. The molecule has 1 atom stereocenters. The molecule has 1 aromatic carbocycles. The van der Waals surface area contributed by atoms with Crippen LogP contribution in [0.25, 0.3) is 10.9 Å². The lowest BCUT2D eigenvalue weighted by Gasteiger charge is -2.25. The highest BCUT2D eigenvalue weighted by atomic mass is 35.5. The van der Waals surface area contributed by atoms with Gasteiger partial charge in [0.25, 0.3) is 5.91 Å². The van der Waals surface area contributed by atoms with Gasteiger partial charge in [0.15, 0.2) is 0 Å². The first kappa shape index (κ1) is 19.4. The molecule has 1 aliphatic rings. The van der Waals surface area contributed by atoms with Gasteiger partial charge >= 0.3 is 0 Å². The molecule has 0 N–H and O–H groups in total. The fourth-order valence-electron chi connectivity index (χ4n) is 3.63. The second-order valence-corrected chi connectivity index (χ2v) is 8.62. The van der Waals surface area contributed by atoms with Crippen molar-refractivity contribution in [2.24, 2.45) is 0 Å². The molecule has 2 aromatic heterocycles. The van der Waals surface area contributed by atoms with Gasteiger partial charge in [0, 0.05) is 30.6 Å². The van der Waals surface area contributed by atoms with Gasteiger partial charge in [-0.15, -0.1) is 11.3 Å². The Morgan fingerprint density at radius 1 is 1.36 bits per heavy atom. The molecule has 146 valence electrons. The number of ether oxygens (including phenoxy) is 1. The van der Waals surface area contributed by atoms with Crippen molar-refractivity contribution in [2.45, 2.75) is 39.3 Å². The van der Waals surface area contributed by atoms with E-state index in [0.29, 0.717) is 18.2 Å². The predicted molar refractivity (Wildman–Crippen MR) is 114 cm³/mol. The summed E-state index contributed by atoms with van der Waals surface area (Å²) in [5, 5.41) is 3.42. The van der Waals surface area contributed by atoms with Crippen LogP contribution < -0.4 is 0 Å². The van der Waals surface area contributed by atoms with Crippen LogP contribution in [0.2, 0.25) is 5.15 Å². The van der Waals surface area contributed by atoms with Crippen molar-refractivity contribution in [1.82, 2.24) is 9.88 Å². The van der Waals surface area contributed by atoms with Crippen LogP contribution in [-0.4, -0.2) is 35.0 Å². The Hall–Kier alpha value is -1.95. The average molecular weight is 415 g/mol. The maximum atomic E-state index is 13.1. The molecular formula is C22H23ClN2O2S. The molecule has 0 unspecified atom stereocenters. The van der Waals surface area contributed by atoms with E-state index in [1.807, 2.05) is 22.4 Å². The third-order valence-corrected chi connectivity index (χ3v) is 6.55. The van der Waals surface area contributed by atoms with Gasteiger partial charge in [-0.25, -0.2) is 4.98 Å². The lowest BCUT2D eigenvalue weighted by Crippen LogP contribution is -2.36. The molecule has 0 aliphatic carbocycles. The molecule has 3 aromatic rings. The molecule has 3 heterocycles. The van der Waals surface area contributed by atoms with Gasteiger partial charge in [-0.2, -0.15) is 0 Å². The molecule has 4 nitrogen and oxygen atoms in total. The summed E-state index contributed by atoms with van der Waals surface area (Å²) in [6.07, 6.45) is 2.11. The van der Waals surface area contributed by atoms with Crippen molar-refractivity contribution in [3.8, 4) is 0 Å². The molecule has 6 heteroatoms. The number of fused-ring (bicyclic) bond motifs is 1. The number of thiophene rings is 1. The van der Waals surface area contributed by atoms with E-state index >= 15 is 0 Å². The van der Waals surface area contributed by atoms with Crippen molar-refractivity contribution >= 4 is 39.7 Å². The van der Waals surface area contributed by atoms with Crippen LogP contribution >= 0.6 is 22.9 Å². The lowest BCUT2D eigenvalue weighted by molar-refractivity contribution is 0.0511. The van der Waals surface area contributed by atoms with E-state index in [-0.39, 0.29) is 12.0 Å². The van der Waals surface area contributed by atoms with Gasteiger partial charge < -0.3 is 9.64 Å². The van der Waals surface area contributed by atoms with E-state index < -0.39 is 0 Å². The van der Waals surface area contributed by atoms with E-state index in [9.17, 15) is 4.79 Å². The van der Waals surface area contributed by atoms with Gasteiger partial charge in [0.2, 0.25) is 0 Å². The Morgan fingerprint density at radius 3 is 2.93 bits per heavy atom. The summed E-state index contributed by atoms with van der Waals surface area (Å²) >= 11 is 8.00. The topological polar surface area (TPSA) is 42.4 Å². The summed E-state index contributed by atoms with van der Waals surface area (Å²) < 4.78 is 5.78. The highest BCUT2D eigenvalue weighted by Gasteiger charge is 2.25. The number of aryl methyl sites for hydroxylation is 2. The molecule has 0 radical (unpaired) electrons. The number of carbonyl (C=O) groups is 1. The van der Waals surface area contributed by atoms with E-state index in [4.69, 9.17) is 16.3 Å². The molecular weight excluding hydrogens is 392 g/mol. The highest BCUT2D eigenvalue weighted by Crippen LogP contribution is 2.27. The van der Waals surface area contributed by atoms with Crippen molar-refractivity contribution < 1.29 is 9.53 Å². The largest absolute Gasteiger partial charge is 0.376 e. The van der Waals surface area contributed by atoms with Crippen LogP contribution in [0.3, 0.4) is 0 Å². The monoisotopic (exact) mass is 414 g/mol. The molecule has 0 spiro atoms. The third-order valence-electron chi connectivity index (χ3n) is 5.37. The minimum atomic E-state index is 0.0155. The Bertz CT molecular complexity index is 997. The van der Waals surface area contributed by atoms with Crippen LogP contribution in [0, 0.1) is 13.8 Å². The van der Waals surface area contributed by atoms with Crippen molar-refractivity contribution in [2.75, 3.05) is 13.2 Å². The van der Waals surface area contributed by atoms with Crippen molar-refractivity contribution in [3.05, 3.63) is 62.4 Å². The number of carbonyl (C=O) groups excluding carboxylic acids is 1. The Labute approximate surface area is 174 Å². The van der Waals surface area contributed by atoms with Gasteiger partial charge in [-0.05, 0) is 55.3 Å². The number of amides is 1. The smallest absolute Gasteiger partial charge is 0.264 e. The van der Waals surface area contributed by atoms with Gasteiger partial charge in [0.05, 0.1) is 16.5 Å². The number of benzene rings is 1. The zero-order chi connectivity index (χ0) is 19.7. The summed E-state index contributed by atoms with van der Waals surface area (Å²) in [5.41, 5.74) is 4.11. The second kappa shape index (κ2) is 8.19. The zero-order valence-electron chi connectivity index (χ0n) is 16.1. The number of pyridine rings is 1. The SMILES string of the molecule is Cc1ccc2cc(CN(C[C@@H]3CCCO3)C(=O)c3cccs3)c(Cl)nc2c1C. The van der Waals surface area contributed by atoms with E-state index in [1.54, 1.807) is 0 Å². The zero-order valence-corrected chi connectivity index (χ0v) is 17.6. The molecule has 1 amide bonds. The summed E-state index contributed by atoms with van der Waals surface area (Å²) in [6, 6.07) is 9.98. The van der Waals surface area contributed by atoms with E-state index in [2.05, 4.69) is 37.0 Å². The first-order chi connectivity index (χ1) is 13.5. The molecule has 0 bridgehead atoms. The number of hydrogen-bond donors (Lipinski definition) is 0. The molecule has 1 saturated heterocycles. The molecule has 28 heavy (non-hydrogen) atoms. The van der Waals surface area contributed by atoms with Gasteiger partial charge in [0.1, 0.15) is 5.15 Å². The summed E-state index contributed by atoms with van der Waals surface area (Å²) in [4.78, 5) is 20.3. The van der Waals surface area contributed by atoms with Gasteiger partial charge in [-0.3, -0.25) is 4.79 Å². The normalized spacial score (nSPS) is 16.6. The number of nitrogens with zero attached hydrogens (tertiary/aromatic N) is 2. The minimum absolute atomic E-state index is 0.0155. The number of rotatable bonds is 5. The van der Waals surface area contributed by atoms with E-state index in [0.717, 1.165) is 46.4 Å². The summed E-state index contributed by atoms with van der Waals surface area (Å²) in [5.74, 6) is 0.0155. The maximum absolute atomic E-state index is 13.1. The maximum Gasteiger partial charge on any atom is 0.264 e. The van der Waals surface area contributed by atoms with Crippen molar-refractivity contribution in [3.63, 3.8) is 0 Å². The predicted octanol–water partition coefficient (Wildman–Crippen LogP) is 5.39. The Balaban J connectivity index is 1.66. The quantitative estimate of drug-likeness (QED) is 0.526. The Morgan fingerprint density at radius 2 is 2.21 bits per heavy atom. The average Bonchev–Trinajstić information content (AvgIpc) is 3.39. The molecule has 1 aliphatic heterocycles. The molecule has 4 rings (SSSR count). The van der Waals surface area contributed by atoms with Crippen LogP contribution in [0.5, 0.6) is 0 Å². The Kier molecular flexibility index (Phi) is 5.67. The highest BCUT2D eigenvalue weighted by molar-refractivity contribution is 7.12. The number of aromatic nitrogens is 1. The number of hydrogen-bond acceptors (Lipinski definition) is 4.